The number of carbonyl (C=O) groups is 1. The van der Waals surface area contributed by atoms with E-state index in [1.807, 2.05) is 0 Å². The molecule has 3 nitrogen and oxygen atoms in total. The van der Waals surface area contributed by atoms with Crippen LogP contribution in [0.25, 0.3) is 0 Å². The standard InChI is InChI=1S/C15H26N2O/c18-14(16-13-5-1-2-6-13)17-11-9-15(10-12-17)7-3-4-8-15/h13H,1-12H2,(H,16,18). The van der Waals surface area contributed by atoms with E-state index in [1.165, 1.54) is 64.2 Å². The quantitative estimate of drug-likeness (QED) is 0.761. The Morgan fingerprint density at radius 2 is 1.56 bits per heavy atom. The maximum Gasteiger partial charge on any atom is 0.317 e. The smallest absolute Gasteiger partial charge is 0.317 e. The lowest BCUT2D eigenvalue weighted by molar-refractivity contribution is 0.119. The van der Waals surface area contributed by atoms with Crippen LogP contribution in [0, 0.1) is 5.41 Å². The van der Waals surface area contributed by atoms with Crippen LogP contribution >= 0.6 is 0 Å². The van der Waals surface area contributed by atoms with Crippen molar-refractivity contribution >= 4 is 6.03 Å². The molecule has 1 saturated heterocycles. The summed E-state index contributed by atoms with van der Waals surface area (Å²) in [4.78, 5) is 14.2. The van der Waals surface area contributed by atoms with E-state index in [1.54, 1.807) is 0 Å². The van der Waals surface area contributed by atoms with Crippen LogP contribution in [0.1, 0.15) is 64.2 Å². The number of hydrogen-bond acceptors (Lipinski definition) is 1. The molecule has 0 aromatic heterocycles. The molecule has 1 heterocycles. The van der Waals surface area contributed by atoms with Crippen molar-refractivity contribution in [3.05, 3.63) is 0 Å². The van der Waals surface area contributed by atoms with Gasteiger partial charge in [-0.15, -0.1) is 0 Å². The van der Waals surface area contributed by atoms with Crippen LogP contribution < -0.4 is 5.32 Å². The molecule has 3 aliphatic rings. The fourth-order valence-electron chi connectivity index (χ4n) is 4.15. The third-order valence-electron chi connectivity index (χ3n) is 5.46. The van der Waals surface area contributed by atoms with E-state index in [-0.39, 0.29) is 6.03 Å². The van der Waals surface area contributed by atoms with Crippen molar-refractivity contribution in [2.75, 3.05) is 13.1 Å². The van der Waals surface area contributed by atoms with Crippen molar-refractivity contribution in [1.82, 2.24) is 10.2 Å². The SMILES string of the molecule is O=C(NC1CCCC1)N1CCC2(CCCC2)CC1. The average Bonchev–Trinajstić information content (AvgIpc) is 3.03. The normalized spacial score (nSPS) is 27.9. The van der Waals surface area contributed by atoms with E-state index in [2.05, 4.69) is 10.2 Å². The Labute approximate surface area is 110 Å². The molecule has 0 aromatic carbocycles. The van der Waals surface area contributed by atoms with Gasteiger partial charge in [0.05, 0.1) is 0 Å². The van der Waals surface area contributed by atoms with Gasteiger partial charge in [-0.3, -0.25) is 0 Å². The summed E-state index contributed by atoms with van der Waals surface area (Å²) in [6.45, 7) is 1.97. The number of piperidine rings is 1. The molecule has 2 saturated carbocycles. The summed E-state index contributed by atoms with van der Waals surface area (Å²) in [5.74, 6) is 0. The Morgan fingerprint density at radius 1 is 0.944 bits per heavy atom. The van der Waals surface area contributed by atoms with Crippen LogP contribution in [0.2, 0.25) is 0 Å². The van der Waals surface area contributed by atoms with Crippen molar-refractivity contribution in [3.63, 3.8) is 0 Å². The topological polar surface area (TPSA) is 32.3 Å². The molecule has 0 bridgehead atoms. The van der Waals surface area contributed by atoms with Crippen LogP contribution in [-0.4, -0.2) is 30.1 Å². The van der Waals surface area contributed by atoms with Gasteiger partial charge in [-0.1, -0.05) is 25.7 Å². The molecular formula is C15H26N2O. The summed E-state index contributed by atoms with van der Waals surface area (Å²) in [5, 5.41) is 3.21. The Morgan fingerprint density at radius 3 is 2.17 bits per heavy atom. The fourth-order valence-corrected chi connectivity index (χ4v) is 4.15. The molecule has 2 aliphatic carbocycles. The highest BCUT2D eigenvalue weighted by molar-refractivity contribution is 5.74. The third kappa shape index (κ3) is 2.50. The van der Waals surface area contributed by atoms with E-state index in [0.29, 0.717) is 11.5 Å². The molecule has 2 amide bonds. The van der Waals surface area contributed by atoms with Crippen molar-refractivity contribution in [3.8, 4) is 0 Å². The van der Waals surface area contributed by atoms with Crippen molar-refractivity contribution in [2.24, 2.45) is 5.41 Å². The molecule has 0 unspecified atom stereocenters. The zero-order valence-electron chi connectivity index (χ0n) is 11.4. The molecule has 1 aliphatic heterocycles. The summed E-state index contributed by atoms with van der Waals surface area (Å²) in [6.07, 6.45) is 13.1. The van der Waals surface area contributed by atoms with Crippen LogP contribution in [-0.2, 0) is 0 Å². The number of amides is 2. The minimum atomic E-state index is 0.203. The van der Waals surface area contributed by atoms with Crippen molar-refractivity contribution in [1.29, 1.82) is 0 Å². The number of likely N-dealkylation sites (tertiary alicyclic amines) is 1. The Hall–Kier alpha value is -0.730. The largest absolute Gasteiger partial charge is 0.335 e. The molecule has 3 fully saturated rings. The Bertz CT molecular complexity index is 294. The maximum absolute atomic E-state index is 12.2. The van der Waals surface area contributed by atoms with Gasteiger partial charge in [0, 0.05) is 19.1 Å². The summed E-state index contributed by atoms with van der Waals surface area (Å²) >= 11 is 0. The molecule has 0 aromatic rings. The molecule has 3 heteroatoms. The minimum absolute atomic E-state index is 0.203. The molecule has 1 N–H and O–H groups in total. The van der Waals surface area contributed by atoms with Crippen molar-refractivity contribution in [2.45, 2.75) is 70.3 Å². The van der Waals surface area contributed by atoms with Crippen molar-refractivity contribution < 1.29 is 4.79 Å². The highest BCUT2D eigenvalue weighted by atomic mass is 16.2. The first-order valence-electron chi connectivity index (χ1n) is 7.83. The first-order valence-corrected chi connectivity index (χ1v) is 7.83. The van der Waals surface area contributed by atoms with Gasteiger partial charge < -0.3 is 10.2 Å². The third-order valence-corrected chi connectivity index (χ3v) is 5.46. The molecule has 18 heavy (non-hydrogen) atoms. The zero-order valence-corrected chi connectivity index (χ0v) is 11.4. The lowest BCUT2D eigenvalue weighted by atomic mass is 9.77. The van der Waals surface area contributed by atoms with Gasteiger partial charge in [-0.2, -0.15) is 0 Å². The summed E-state index contributed by atoms with van der Waals surface area (Å²) in [5.41, 5.74) is 0.615. The second kappa shape index (κ2) is 5.10. The van der Waals surface area contributed by atoms with E-state index in [9.17, 15) is 4.79 Å². The minimum Gasteiger partial charge on any atom is -0.335 e. The lowest BCUT2D eigenvalue weighted by Gasteiger charge is -2.39. The van der Waals surface area contributed by atoms with E-state index in [0.717, 1.165) is 13.1 Å². The number of urea groups is 1. The van der Waals surface area contributed by atoms with Crippen LogP contribution in [0.4, 0.5) is 4.79 Å². The molecule has 3 rings (SSSR count). The van der Waals surface area contributed by atoms with E-state index < -0.39 is 0 Å². The Balaban J connectivity index is 1.48. The monoisotopic (exact) mass is 250 g/mol. The molecule has 102 valence electrons. The molecule has 0 radical (unpaired) electrons. The number of carbonyl (C=O) groups excluding carboxylic acids is 1. The second-order valence-electron chi connectivity index (χ2n) is 6.63. The van der Waals surface area contributed by atoms with Gasteiger partial charge in [0.25, 0.3) is 0 Å². The first-order chi connectivity index (χ1) is 8.77. The average molecular weight is 250 g/mol. The van der Waals surface area contributed by atoms with Gasteiger partial charge in [0.15, 0.2) is 0 Å². The molecular weight excluding hydrogens is 224 g/mol. The predicted molar refractivity (Wildman–Crippen MR) is 72.5 cm³/mol. The van der Waals surface area contributed by atoms with Gasteiger partial charge >= 0.3 is 6.03 Å². The summed E-state index contributed by atoms with van der Waals surface area (Å²) in [6, 6.07) is 0.662. The van der Waals surface area contributed by atoms with Crippen LogP contribution in [0.15, 0.2) is 0 Å². The van der Waals surface area contributed by atoms with Crippen LogP contribution in [0.5, 0.6) is 0 Å². The summed E-state index contributed by atoms with van der Waals surface area (Å²) < 4.78 is 0. The van der Waals surface area contributed by atoms with Crippen LogP contribution in [0.3, 0.4) is 0 Å². The number of rotatable bonds is 1. The molecule has 1 spiro atoms. The zero-order chi connectivity index (χ0) is 12.4. The van der Waals surface area contributed by atoms with E-state index >= 15 is 0 Å². The maximum atomic E-state index is 12.2. The first kappa shape index (κ1) is 12.3. The van der Waals surface area contributed by atoms with Gasteiger partial charge in [-0.05, 0) is 43.9 Å². The number of hydrogen-bond donors (Lipinski definition) is 1. The van der Waals surface area contributed by atoms with E-state index in [4.69, 9.17) is 0 Å². The lowest BCUT2D eigenvalue weighted by Crippen LogP contribution is -2.49. The molecule has 0 atom stereocenters. The number of nitrogens with one attached hydrogen (secondary N) is 1. The second-order valence-corrected chi connectivity index (χ2v) is 6.63. The Kier molecular flexibility index (Phi) is 3.49. The van der Waals surface area contributed by atoms with Gasteiger partial charge in [0.2, 0.25) is 0 Å². The summed E-state index contributed by atoms with van der Waals surface area (Å²) in [7, 11) is 0. The highest BCUT2D eigenvalue weighted by Gasteiger charge is 2.38. The predicted octanol–water partition coefficient (Wildman–Crippen LogP) is 3.29. The van der Waals surface area contributed by atoms with Gasteiger partial charge in [0.1, 0.15) is 0 Å². The van der Waals surface area contributed by atoms with Gasteiger partial charge in [-0.25, -0.2) is 4.79 Å². The highest BCUT2D eigenvalue weighted by Crippen LogP contribution is 2.46. The number of nitrogens with zero attached hydrogens (tertiary/aromatic N) is 1. The fraction of sp³-hybridized carbons (Fsp3) is 0.933.